The predicted octanol–water partition coefficient (Wildman–Crippen LogP) is 4.05. The van der Waals surface area contributed by atoms with Crippen molar-refractivity contribution in [3.8, 4) is 0 Å². The number of rotatable bonds is 6. The van der Waals surface area contributed by atoms with E-state index in [0.717, 1.165) is 22.2 Å². The van der Waals surface area contributed by atoms with Crippen LogP contribution in [0.25, 0.3) is 0 Å². The SMILES string of the molecule is CN=C(NCc1nc(C(C)C)cs1)NCC(C)(C)c1ccc(F)cc1. The summed E-state index contributed by atoms with van der Waals surface area (Å²) < 4.78 is 13.1. The minimum Gasteiger partial charge on any atom is -0.356 e. The normalized spacial score (nSPS) is 12.5. The number of guanidine groups is 1. The van der Waals surface area contributed by atoms with Crippen LogP contribution in [0.5, 0.6) is 0 Å². The number of halogens is 1. The molecule has 0 aliphatic carbocycles. The molecule has 0 bridgehead atoms. The summed E-state index contributed by atoms with van der Waals surface area (Å²) in [6, 6.07) is 6.66. The summed E-state index contributed by atoms with van der Waals surface area (Å²) in [6.45, 7) is 9.86. The lowest BCUT2D eigenvalue weighted by Gasteiger charge is -2.26. The Morgan fingerprint density at radius 3 is 2.48 bits per heavy atom. The van der Waals surface area contributed by atoms with Crippen LogP contribution in [-0.4, -0.2) is 24.5 Å². The molecule has 0 aliphatic rings. The number of aromatic nitrogens is 1. The third kappa shape index (κ3) is 5.53. The molecule has 1 heterocycles. The van der Waals surface area contributed by atoms with E-state index in [1.807, 2.05) is 12.1 Å². The van der Waals surface area contributed by atoms with Gasteiger partial charge in [-0.1, -0.05) is 39.8 Å². The molecule has 2 N–H and O–H groups in total. The van der Waals surface area contributed by atoms with E-state index >= 15 is 0 Å². The molecule has 0 saturated carbocycles. The molecule has 136 valence electrons. The molecule has 0 amide bonds. The highest BCUT2D eigenvalue weighted by molar-refractivity contribution is 7.09. The van der Waals surface area contributed by atoms with Crippen molar-refractivity contribution in [2.75, 3.05) is 13.6 Å². The Labute approximate surface area is 153 Å². The molecule has 2 aromatic rings. The molecular weight excluding hydrogens is 335 g/mol. The van der Waals surface area contributed by atoms with Gasteiger partial charge in [0.25, 0.3) is 0 Å². The lowest BCUT2D eigenvalue weighted by Crippen LogP contribution is -2.43. The van der Waals surface area contributed by atoms with Crippen LogP contribution in [0.2, 0.25) is 0 Å². The van der Waals surface area contributed by atoms with Gasteiger partial charge in [-0.25, -0.2) is 9.37 Å². The van der Waals surface area contributed by atoms with Gasteiger partial charge in [-0.3, -0.25) is 4.99 Å². The van der Waals surface area contributed by atoms with Crippen LogP contribution in [0.1, 0.15) is 49.9 Å². The molecule has 4 nitrogen and oxygen atoms in total. The average Bonchev–Trinajstić information content (AvgIpc) is 3.04. The van der Waals surface area contributed by atoms with E-state index < -0.39 is 0 Å². The third-order valence-corrected chi connectivity index (χ3v) is 4.98. The quantitative estimate of drug-likeness (QED) is 0.602. The van der Waals surface area contributed by atoms with E-state index in [1.165, 1.54) is 12.1 Å². The molecule has 0 aliphatic heterocycles. The second-order valence-corrected chi connectivity index (χ2v) is 7.93. The zero-order chi connectivity index (χ0) is 18.4. The van der Waals surface area contributed by atoms with Gasteiger partial charge in [0, 0.05) is 24.4 Å². The van der Waals surface area contributed by atoms with Crippen LogP contribution in [0.4, 0.5) is 4.39 Å². The Morgan fingerprint density at radius 2 is 1.92 bits per heavy atom. The van der Waals surface area contributed by atoms with E-state index in [2.05, 4.69) is 53.7 Å². The molecule has 1 aromatic carbocycles. The van der Waals surface area contributed by atoms with Gasteiger partial charge in [-0.2, -0.15) is 0 Å². The molecule has 0 saturated heterocycles. The summed E-state index contributed by atoms with van der Waals surface area (Å²) in [5.74, 6) is 0.963. The van der Waals surface area contributed by atoms with Gasteiger partial charge >= 0.3 is 0 Å². The summed E-state index contributed by atoms with van der Waals surface area (Å²) in [6.07, 6.45) is 0. The first kappa shape index (κ1) is 19.4. The first-order valence-electron chi connectivity index (χ1n) is 8.46. The molecule has 0 radical (unpaired) electrons. The molecule has 0 unspecified atom stereocenters. The third-order valence-electron chi connectivity index (χ3n) is 4.12. The zero-order valence-electron chi connectivity index (χ0n) is 15.6. The monoisotopic (exact) mass is 362 g/mol. The highest BCUT2D eigenvalue weighted by atomic mass is 32.1. The van der Waals surface area contributed by atoms with E-state index in [1.54, 1.807) is 18.4 Å². The Balaban J connectivity index is 1.89. The van der Waals surface area contributed by atoms with E-state index in [-0.39, 0.29) is 11.2 Å². The van der Waals surface area contributed by atoms with Crippen molar-refractivity contribution < 1.29 is 4.39 Å². The van der Waals surface area contributed by atoms with Crippen LogP contribution < -0.4 is 10.6 Å². The van der Waals surface area contributed by atoms with Gasteiger partial charge in [0.05, 0.1) is 12.2 Å². The lowest BCUT2D eigenvalue weighted by atomic mass is 9.84. The molecule has 1 aromatic heterocycles. The molecule has 2 rings (SSSR count). The maximum atomic E-state index is 13.1. The Kier molecular flexibility index (Phi) is 6.53. The van der Waals surface area contributed by atoms with Crippen molar-refractivity contribution in [3.05, 3.63) is 51.7 Å². The molecular formula is C19H27FN4S. The standard InChI is InChI=1S/C19H27FN4S/c1-13(2)16-11-25-17(24-16)10-22-18(21-5)23-12-19(3,4)14-6-8-15(20)9-7-14/h6-9,11,13H,10,12H2,1-5H3,(H2,21,22,23). The summed E-state index contributed by atoms with van der Waals surface area (Å²) in [4.78, 5) is 8.89. The summed E-state index contributed by atoms with van der Waals surface area (Å²) >= 11 is 1.66. The zero-order valence-corrected chi connectivity index (χ0v) is 16.4. The second-order valence-electron chi connectivity index (χ2n) is 6.99. The summed E-state index contributed by atoms with van der Waals surface area (Å²) in [5, 5.41) is 9.79. The minimum atomic E-state index is -0.214. The lowest BCUT2D eigenvalue weighted by molar-refractivity contribution is 0.507. The number of nitrogens with one attached hydrogen (secondary N) is 2. The van der Waals surface area contributed by atoms with Crippen molar-refractivity contribution in [3.63, 3.8) is 0 Å². The molecule has 0 atom stereocenters. The average molecular weight is 363 g/mol. The number of hydrogen-bond donors (Lipinski definition) is 2. The van der Waals surface area contributed by atoms with Gasteiger partial charge in [0.15, 0.2) is 5.96 Å². The number of benzene rings is 1. The topological polar surface area (TPSA) is 49.3 Å². The molecule has 0 spiro atoms. The van der Waals surface area contributed by atoms with Crippen molar-refractivity contribution in [2.45, 2.75) is 45.6 Å². The van der Waals surface area contributed by atoms with Gasteiger partial charge < -0.3 is 10.6 Å². The Bertz CT molecular complexity index is 704. The van der Waals surface area contributed by atoms with Gasteiger partial charge in [-0.05, 0) is 23.6 Å². The fourth-order valence-electron chi connectivity index (χ4n) is 2.36. The van der Waals surface area contributed by atoms with Gasteiger partial charge in [0.2, 0.25) is 0 Å². The predicted molar refractivity (Wildman–Crippen MR) is 104 cm³/mol. The number of nitrogens with zero attached hydrogens (tertiary/aromatic N) is 2. The second kappa shape index (κ2) is 8.43. The molecule has 6 heteroatoms. The number of hydrogen-bond acceptors (Lipinski definition) is 3. The van der Waals surface area contributed by atoms with Crippen LogP contribution in [0.3, 0.4) is 0 Å². The molecule has 0 fully saturated rings. The van der Waals surface area contributed by atoms with Crippen LogP contribution in [0.15, 0.2) is 34.6 Å². The Morgan fingerprint density at radius 1 is 1.24 bits per heavy atom. The highest BCUT2D eigenvalue weighted by Crippen LogP contribution is 2.22. The Hall–Kier alpha value is -1.95. The smallest absolute Gasteiger partial charge is 0.191 e. The number of aliphatic imine (C=N–C) groups is 1. The fourth-order valence-corrected chi connectivity index (χ4v) is 3.25. The largest absolute Gasteiger partial charge is 0.356 e. The van der Waals surface area contributed by atoms with E-state index in [0.29, 0.717) is 19.0 Å². The van der Waals surface area contributed by atoms with Crippen molar-refractivity contribution in [1.29, 1.82) is 0 Å². The van der Waals surface area contributed by atoms with Crippen molar-refractivity contribution in [2.24, 2.45) is 4.99 Å². The first-order chi connectivity index (χ1) is 11.8. The van der Waals surface area contributed by atoms with Crippen LogP contribution in [-0.2, 0) is 12.0 Å². The van der Waals surface area contributed by atoms with Crippen molar-refractivity contribution >= 4 is 17.3 Å². The first-order valence-corrected chi connectivity index (χ1v) is 9.34. The van der Waals surface area contributed by atoms with Crippen LogP contribution in [0, 0.1) is 5.82 Å². The number of thiazole rings is 1. The summed E-state index contributed by atoms with van der Waals surface area (Å²) in [7, 11) is 1.75. The van der Waals surface area contributed by atoms with Crippen LogP contribution >= 0.6 is 11.3 Å². The summed E-state index contributed by atoms with van der Waals surface area (Å²) in [5.41, 5.74) is 2.07. The van der Waals surface area contributed by atoms with E-state index in [9.17, 15) is 4.39 Å². The van der Waals surface area contributed by atoms with E-state index in [4.69, 9.17) is 0 Å². The van der Waals surface area contributed by atoms with Gasteiger partial charge in [0.1, 0.15) is 10.8 Å². The highest BCUT2D eigenvalue weighted by Gasteiger charge is 2.21. The minimum absolute atomic E-state index is 0.142. The maximum absolute atomic E-state index is 13.1. The van der Waals surface area contributed by atoms with Gasteiger partial charge in [-0.15, -0.1) is 11.3 Å². The van der Waals surface area contributed by atoms with Crippen molar-refractivity contribution in [1.82, 2.24) is 15.6 Å². The maximum Gasteiger partial charge on any atom is 0.191 e. The molecule has 25 heavy (non-hydrogen) atoms. The fraction of sp³-hybridized carbons (Fsp3) is 0.474.